The Kier molecular flexibility index (Phi) is 1.94. The molecule has 1 aromatic rings. The zero-order valence-corrected chi connectivity index (χ0v) is 8.61. The molecule has 2 rings (SSSR count). The van der Waals surface area contributed by atoms with E-state index in [2.05, 4.69) is 10.2 Å². The second-order valence-electron chi connectivity index (χ2n) is 3.84. The zero-order chi connectivity index (χ0) is 10.3. The molecule has 0 saturated heterocycles. The molecule has 1 N–H and O–H groups in total. The third-order valence-electron chi connectivity index (χ3n) is 2.48. The maximum absolute atomic E-state index is 11.9. The highest BCUT2D eigenvalue weighted by atomic mass is 16.2. The van der Waals surface area contributed by atoms with Crippen LogP contribution in [0, 0.1) is 0 Å². The molecule has 0 radical (unpaired) electrons. The van der Waals surface area contributed by atoms with Crippen molar-refractivity contribution in [3.05, 3.63) is 11.8 Å². The largest absolute Gasteiger partial charge is 0.342 e. The first kappa shape index (κ1) is 9.05. The van der Waals surface area contributed by atoms with Gasteiger partial charge in [0, 0.05) is 13.1 Å². The van der Waals surface area contributed by atoms with Gasteiger partial charge in [0.05, 0.1) is 12.9 Å². The number of nitrogens with zero attached hydrogens (tertiary/aromatic N) is 3. The van der Waals surface area contributed by atoms with Crippen molar-refractivity contribution >= 4 is 11.7 Å². The lowest BCUT2D eigenvalue weighted by Gasteiger charge is -2.35. The van der Waals surface area contributed by atoms with Crippen molar-refractivity contribution in [2.45, 2.75) is 19.9 Å². The quantitative estimate of drug-likeness (QED) is 0.714. The number of hydrogen-bond acceptors (Lipinski definition) is 3. The second-order valence-corrected chi connectivity index (χ2v) is 3.84. The summed E-state index contributed by atoms with van der Waals surface area (Å²) in [5.74, 6) is 0.869. The Morgan fingerprint density at radius 1 is 1.57 bits per heavy atom. The van der Waals surface area contributed by atoms with E-state index in [1.165, 1.54) is 0 Å². The average molecular weight is 194 g/mol. The van der Waals surface area contributed by atoms with Gasteiger partial charge in [-0.15, -0.1) is 0 Å². The molecule has 1 aliphatic rings. The Hall–Kier alpha value is -1.52. The highest BCUT2D eigenvalue weighted by Gasteiger charge is 2.30. The standard InChI is InChI=1S/C9H14N4O/c1-6(2)13-5-12(3)8-7(9(13)14)4-10-11-8/h4,6H,5H2,1-3H3,(H,10,11). The van der Waals surface area contributed by atoms with Crippen molar-refractivity contribution in [2.24, 2.45) is 0 Å². The summed E-state index contributed by atoms with van der Waals surface area (Å²) in [4.78, 5) is 15.7. The molecular formula is C9H14N4O. The van der Waals surface area contributed by atoms with Crippen LogP contribution in [0.4, 0.5) is 5.82 Å². The first-order valence-corrected chi connectivity index (χ1v) is 4.66. The molecule has 14 heavy (non-hydrogen) atoms. The van der Waals surface area contributed by atoms with Gasteiger partial charge in [0.25, 0.3) is 5.91 Å². The zero-order valence-electron chi connectivity index (χ0n) is 8.61. The van der Waals surface area contributed by atoms with Crippen LogP contribution in [-0.2, 0) is 0 Å². The Labute approximate surface area is 82.7 Å². The summed E-state index contributed by atoms with van der Waals surface area (Å²) in [5.41, 5.74) is 0.660. The van der Waals surface area contributed by atoms with Crippen molar-refractivity contribution in [3.8, 4) is 0 Å². The summed E-state index contributed by atoms with van der Waals surface area (Å²) in [5, 5.41) is 6.71. The van der Waals surface area contributed by atoms with E-state index in [1.807, 2.05) is 30.7 Å². The van der Waals surface area contributed by atoms with Crippen LogP contribution < -0.4 is 4.90 Å². The summed E-state index contributed by atoms with van der Waals surface area (Å²) >= 11 is 0. The third-order valence-corrected chi connectivity index (χ3v) is 2.48. The number of anilines is 1. The SMILES string of the molecule is CC(C)N1CN(C)c2[nH]ncc2C1=O. The molecule has 2 heterocycles. The number of carbonyl (C=O) groups excluding carboxylic acids is 1. The smallest absolute Gasteiger partial charge is 0.260 e. The van der Waals surface area contributed by atoms with Gasteiger partial charge in [-0.25, -0.2) is 0 Å². The summed E-state index contributed by atoms with van der Waals surface area (Å²) in [6.45, 7) is 4.64. The fraction of sp³-hybridized carbons (Fsp3) is 0.556. The third kappa shape index (κ3) is 1.16. The van der Waals surface area contributed by atoms with Crippen molar-refractivity contribution < 1.29 is 4.79 Å². The fourth-order valence-electron chi connectivity index (χ4n) is 1.64. The maximum Gasteiger partial charge on any atom is 0.260 e. The molecule has 1 aromatic heterocycles. The van der Waals surface area contributed by atoms with Crippen molar-refractivity contribution in [1.82, 2.24) is 15.1 Å². The molecule has 0 bridgehead atoms. The van der Waals surface area contributed by atoms with Gasteiger partial charge in [-0.3, -0.25) is 9.89 Å². The number of aromatic amines is 1. The minimum Gasteiger partial charge on any atom is -0.342 e. The Morgan fingerprint density at radius 3 is 2.93 bits per heavy atom. The van der Waals surface area contributed by atoms with E-state index < -0.39 is 0 Å². The van der Waals surface area contributed by atoms with Gasteiger partial charge in [-0.1, -0.05) is 0 Å². The average Bonchev–Trinajstić information content (AvgIpc) is 2.59. The molecule has 0 aromatic carbocycles. The van der Waals surface area contributed by atoms with Gasteiger partial charge >= 0.3 is 0 Å². The van der Waals surface area contributed by atoms with E-state index in [-0.39, 0.29) is 11.9 Å². The van der Waals surface area contributed by atoms with Crippen molar-refractivity contribution in [1.29, 1.82) is 0 Å². The van der Waals surface area contributed by atoms with E-state index in [0.717, 1.165) is 5.82 Å². The Morgan fingerprint density at radius 2 is 2.29 bits per heavy atom. The number of hydrogen-bond donors (Lipinski definition) is 1. The molecule has 76 valence electrons. The molecule has 1 aliphatic heterocycles. The number of aromatic nitrogens is 2. The minimum atomic E-state index is 0.0573. The van der Waals surface area contributed by atoms with Crippen LogP contribution in [0.15, 0.2) is 6.20 Å². The van der Waals surface area contributed by atoms with Crippen LogP contribution in [0.1, 0.15) is 24.2 Å². The molecule has 0 unspecified atom stereocenters. The van der Waals surface area contributed by atoms with E-state index in [1.54, 1.807) is 6.20 Å². The van der Waals surface area contributed by atoms with Crippen LogP contribution >= 0.6 is 0 Å². The summed E-state index contributed by atoms with van der Waals surface area (Å²) < 4.78 is 0. The number of rotatable bonds is 1. The molecule has 0 atom stereocenters. The number of H-pyrrole nitrogens is 1. The molecule has 5 nitrogen and oxygen atoms in total. The number of amides is 1. The lowest BCUT2D eigenvalue weighted by Crippen LogP contribution is -2.48. The van der Waals surface area contributed by atoms with Gasteiger partial charge in [-0.2, -0.15) is 5.10 Å². The summed E-state index contributed by atoms with van der Waals surface area (Å²) in [6, 6.07) is 0.216. The number of nitrogens with one attached hydrogen (secondary N) is 1. The fourth-order valence-corrected chi connectivity index (χ4v) is 1.64. The topological polar surface area (TPSA) is 52.2 Å². The number of fused-ring (bicyclic) bond motifs is 1. The predicted molar refractivity (Wildman–Crippen MR) is 53.2 cm³/mol. The van der Waals surface area contributed by atoms with E-state index in [4.69, 9.17) is 0 Å². The predicted octanol–water partition coefficient (Wildman–Crippen LogP) is 0.668. The minimum absolute atomic E-state index is 0.0573. The lowest BCUT2D eigenvalue weighted by atomic mass is 10.2. The van der Waals surface area contributed by atoms with Gasteiger partial charge in [0.15, 0.2) is 0 Å². The molecule has 0 aliphatic carbocycles. The van der Waals surface area contributed by atoms with Gasteiger partial charge in [-0.05, 0) is 13.8 Å². The van der Waals surface area contributed by atoms with Crippen molar-refractivity contribution in [2.75, 3.05) is 18.6 Å². The Balaban J connectivity index is 2.39. The van der Waals surface area contributed by atoms with Gasteiger partial charge in [0.2, 0.25) is 0 Å². The lowest BCUT2D eigenvalue weighted by molar-refractivity contribution is 0.0693. The molecule has 5 heteroatoms. The molecule has 0 fully saturated rings. The van der Waals surface area contributed by atoms with Crippen LogP contribution in [0.25, 0.3) is 0 Å². The van der Waals surface area contributed by atoms with Crippen LogP contribution in [0.2, 0.25) is 0 Å². The first-order chi connectivity index (χ1) is 6.61. The maximum atomic E-state index is 11.9. The van der Waals surface area contributed by atoms with Crippen LogP contribution in [-0.4, -0.2) is 40.8 Å². The molecule has 1 amide bonds. The number of carbonyl (C=O) groups is 1. The molecule has 0 saturated carbocycles. The molecular weight excluding hydrogens is 180 g/mol. The first-order valence-electron chi connectivity index (χ1n) is 4.66. The summed E-state index contributed by atoms with van der Waals surface area (Å²) in [7, 11) is 1.94. The van der Waals surface area contributed by atoms with Gasteiger partial charge < -0.3 is 9.80 Å². The van der Waals surface area contributed by atoms with Crippen molar-refractivity contribution in [3.63, 3.8) is 0 Å². The van der Waals surface area contributed by atoms with E-state index >= 15 is 0 Å². The normalized spacial score (nSPS) is 16.4. The highest BCUT2D eigenvalue weighted by molar-refractivity contribution is 6.00. The van der Waals surface area contributed by atoms with Crippen LogP contribution in [0.3, 0.4) is 0 Å². The summed E-state index contributed by atoms with van der Waals surface area (Å²) in [6.07, 6.45) is 1.59. The molecule has 0 spiro atoms. The van der Waals surface area contributed by atoms with E-state index in [0.29, 0.717) is 12.2 Å². The Bertz CT molecular complexity index is 357. The highest BCUT2D eigenvalue weighted by Crippen LogP contribution is 2.24. The van der Waals surface area contributed by atoms with E-state index in [9.17, 15) is 4.79 Å². The van der Waals surface area contributed by atoms with Gasteiger partial charge in [0.1, 0.15) is 11.4 Å². The monoisotopic (exact) mass is 194 g/mol. The second kappa shape index (κ2) is 3.01. The van der Waals surface area contributed by atoms with Crippen LogP contribution in [0.5, 0.6) is 0 Å².